The molecule has 0 radical (unpaired) electrons. The van der Waals surface area contributed by atoms with Crippen molar-refractivity contribution >= 4 is 11.9 Å². The van der Waals surface area contributed by atoms with E-state index >= 15 is 0 Å². The number of carboxylic acids is 1. The van der Waals surface area contributed by atoms with Gasteiger partial charge in [0.2, 0.25) is 5.95 Å². The van der Waals surface area contributed by atoms with Crippen LogP contribution in [0, 0.1) is 0 Å². The predicted octanol–water partition coefficient (Wildman–Crippen LogP) is 1.32. The average molecular weight is 273 g/mol. The molecule has 0 unspecified atom stereocenters. The largest absolute Gasteiger partial charge is 0.477 e. The highest BCUT2D eigenvalue weighted by Crippen LogP contribution is 2.15. The highest BCUT2D eigenvalue weighted by atomic mass is 16.4. The Morgan fingerprint density at radius 2 is 2.30 bits per heavy atom. The van der Waals surface area contributed by atoms with E-state index in [0.29, 0.717) is 12.5 Å². The minimum atomic E-state index is -1.06. The van der Waals surface area contributed by atoms with Crippen LogP contribution < -0.4 is 5.32 Å². The fourth-order valence-corrected chi connectivity index (χ4v) is 2.29. The zero-order chi connectivity index (χ0) is 13.9. The van der Waals surface area contributed by atoms with Gasteiger partial charge >= 0.3 is 5.97 Å². The highest BCUT2D eigenvalue weighted by Gasteiger charge is 2.12. The number of aromatic carboxylic acids is 1. The number of fused-ring (bicyclic) bond motifs is 1. The molecule has 0 aliphatic carbocycles. The van der Waals surface area contributed by atoms with E-state index in [1.807, 2.05) is 6.20 Å². The standard InChI is InChI=1S/C13H15N5O2/c19-12(20)10-4-5-14-13(17-10)15-7-9-8-18-6-2-1-3-11(18)16-9/h4-5,8H,1-3,6-7H2,(H,19,20)(H,14,15,17). The summed E-state index contributed by atoms with van der Waals surface area (Å²) in [4.78, 5) is 23.3. The zero-order valence-corrected chi connectivity index (χ0v) is 10.9. The lowest BCUT2D eigenvalue weighted by atomic mass is 10.2. The van der Waals surface area contributed by atoms with Crippen LogP contribution in [-0.2, 0) is 19.5 Å². The molecule has 0 atom stereocenters. The van der Waals surface area contributed by atoms with Crippen LogP contribution in [0.15, 0.2) is 18.5 Å². The van der Waals surface area contributed by atoms with Crippen LogP contribution in [0.3, 0.4) is 0 Å². The monoisotopic (exact) mass is 273 g/mol. The summed E-state index contributed by atoms with van der Waals surface area (Å²) < 4.78 is 2.18. The van der Waals surface area contributed by atoms with Crippen LogP contribution in [0.5, 0.6) is 0 Å². The summed E-state index contributed by atoms with van der Waals surface area (Å²) in [5.41, 5.74) is 0.901. The zero-order valence-electron chi connectivity index (χ0n) is 10.9. The summed E-state index contributed by atoms with van der Waals surface area (Å²) in [6, 6.07) is 1.36. The lowest BCUT2D eigenvalue weighted by molar-refractivity contribution is 0.0690. The predicted molar refractivity (Wildman–Crippen MR) is 71.5 cm³/mol. The molecule has 0 fully saturated rings. The molecular weight excluding hydrogens is 258 g/mol. The van der Waals surface area contributed by atoms with Crippen molar-refractivity contribution in [3.63, 3.8) is 0 Å². The minimum Gasteiger partial charge on any atom is -0.477 e. The molecule has 104 valence electrons. The van der Waals surface area contributed by atoms with Gasteiger partial charge in [0.1, 0.15) is 5.82 Å². The number of anilines is 1. The lowest BCUT2D eigenvalue weighted by Gasteiger charge is -2.11. The van der Waals surface area contributed by atoms with Crippen molar-refractivity contribution in [2.75, 3.05) is 5.32 Å². The van der Waals surface area contributed by atoms with Crippen molar-refractivity contribution in [3.8, 4) is 0 Å². The topological polar surface area (TPSA) is 92.9 Å². The van der Waals surface area contributed by atoms with Gasteiger partial charge in [-0.2, -0.15) is 0 Å². The van der Waals surface area contributed by atoms with Crippen LogP contribution in [0.2, 0.25) is 0 Å². The van der Waals surface area contributed by atoms with Crippen molar-refractivity contribution < 1.29 is 9.90 Å². The maximum atomic E-state index is 10.8. The van der Waals surface area contributed by atoms with Gasteiger partial charge in [0, 0.05) is 25.4 Å². The number of nitrogens with one attached hydrogen (secondary N) is 1. The number of hydrogen-bond acceptors (Lipinski definition) is 5. The smallest absolute Gasteiger partial charge is 0.354 e. The minimum absolute atomic E-state index is 0.0216. The normalized spacial score (nSPS) is 13.8. The van der Waals surface area contributed by atoms with E-state index in [0.717, 1.165) is 24.5 Å². The van der Waals surface area contributed by atoms with Gasteiger partial charge in [-0.3, -0.25) is 0 Å². The number of imidazole rings is 1. The van der Waals surface area contributed by atoms with Gasteiger partial charge in [0.25, 0.3) is 0 Å². The third kappa shape index (κ3) is 2.61. The van der Waals surface area contributed by atoms with Gasteiger partial charge in [-0.05, 0) is 18.9 Å². The number of rotatable bonds is 4. The van der Waals surface area contributed by atoms with Crippen molar-refractivity contribution in [3.05, 3.63) is 35.7 Å². The Kier molecular flexibility index (Phi) is 3.32. The fourth-order valence-electron chi connectivity index (χ4n) is 2.29. The van der Waals surface area contributed by atoms with Gasteiger partial charge in [-0.25, -0.2) is 19.7 Å². The van der Waals surface area contributed by atoms with E-state index in [9.17, 15) is 4.79 Å². The second-order valence-corrected chi connectivity index (χ2v) is 4.72. The number of carboxylic acid groups (broad SMARTS) is 1. The highest BCUT2D eigenvalue weighted by molar-refractivity contribution is 5.85. The molecule has 2 aromatic heterocycles. The first-order chi connectivity index (χ1) is 9.72. The Morgan fingerprint density at radius 1 is 1.40 bits per heavy atom. The number of hydrogen-bond donors (Lipinski definition) is 2. The molecule has 0 saturated heterocycles. The van der Waals surface area contributed by atoms with E-state index in [1.54, 1.807) is 0 Å². The molecule has 20 heavy (non-hydrogen) atoms. The average Bonchev–Trinajstić information content (AvgIpc) is 2.88. The molecule has 3 heterocycles. The van der Waals surface area contributed by atoms with E-state index in [1.165, 1.54) is 25.1 Å². The molecule has 1 aliphatic rings. The first-order valence-electron chi connectivity index (χ1n) is 6.57. The number of carbonyl (C=O) groups is 1. The Hall–Kier alpha value is -2.44. The molecule has 2 N–H and O–H groups in total. The summed E-state index contributed by atoms with van der Waals surface area (Å²) in [7, 11) is 0. The maximum Gasteiger partial charge on any atom is 0.354 e. The van der Waals surface area contributed by atoms with Gasteiger partial charge in [0.05, 0.1) is 12.2 Å². The van der Waals surface area contributed by atoms with E-state index in [4.69, 9.17) is 5.11 Å². The first-order valence-corrected chi connectivity index (χ1v) is 6.57. The Labute approximate surface area is 115 Å². The number of aryl methyl sites for hydroxylation is 2. The van der Waals surface area contributed by atoms with Crippen LogP contribution >= 0.6 is 0 Å². The Morgan fingerprint density at radius 3 is 3.10 bits per heavy atom. The molecule has 3 rings (SSSR count). The van der Waals surface area contributed by atoms with Gasteiger partial charge in [-0.15, -0.1) is 0 Å². The van der Waals surface area contributed by atoms with Crippen LogP contribution in [-0.4, -0.2) is 30.6 Å². The number of aromatic nitrogens is 4. The second-order valence-electron chi connectivity index (χ2n) is 4.72. The van der Waals surface area contributed by atoms with E-state index in [2.05, 4.69) is 24.8 Å². The molecular formula is C13H15N5O2. The van der Waals surface area contributed by atoms with Crippen LogP contribution in [0.25, 0.3) is 0 Å². The SMILES string of the molecule is O=C(O)c1ccnc(NCc2cn3c(n2)CCCC3)n1. The third-order valence-electron chi connectivity index (χ3n) is 3.26. The van der Waals surface area contributed by atoms with Crippen molar-refractivity contribution in [2.45, 2.75) is 32.4 Å². The molecule has 0 amide bonds. The van der Waals surface area contributed by atoms with E-state index < -0.39 is 5.97 Å². The summed E-state index contributed by atoms with van der Waals surface area (Å²) in [5, 5.41) is 11.9. The molecule has 0 aromatic carbocycles. The van der Waals surface area contributed by atoms with Crippen molar-refractivity contribution in [1.82, 2.24) is 19.5 Å². The first kappa shape index (κ1) is 12.6. The van der Waals surface area contributed by atoms with E-state index in [-0.39, 0.29) is 5.69 Å². The molecule has 7 nitrogen and oxygen atoms in total. The lowest BCUT2D eigenvalue weighted by Crippen LogP contribution is -2.08. The summed E-state index contributed by atoms with van der Waals surface area (Å²) in [6.45, 7) is 1.51. The summed E-state index contributed by atoms with van der Waals surface area (Å²) in [5.74, 6) is 0.358. The van der Waals surface area contributed by atoms with Crippen molar-refractivity contribution in [2.24, 2.45) is 0 Å². The van der Waals surface area contributed by atoms with Crippen LogP contribution in [0.4, 0.5) is 5.95 Å². The molecule has 0 saturated carbocycles. The third-order valence-corrected chi connectivity index (χ3v) is 3.26. The molecule has 0 spiro atoms. The Bertz CT molecular complexity index is 614. The van der Waals surface area contributed by atoms with Gasteiger partial charge in [0.15, 0.2) is 5.69 Å². The van der Waals surface area contributed by atoms with Crippen LogP contribution in [0.1, 0.15) is 34.8 Å². The van der Waals surface area contributed by atoms with Crippen molar-refractivity contribution in [1.29, 1.82) is 0 Å². The maximum absolute atomic E-state index is 10.8. The summed E-state index contributed by atoms with van der Waals surface area (Å²) >= 11 is 0. The molecule has 1 aliphatic heterocycles. The van der Waals surface area contributed by atoms with Gasteiger partial charge < -0.3 is 15.0 Å². The van der Waals surface area contributed by atoms with Gasteiger partial charge in [-0.1, -0.05) is 0 Å². The molecule has 2 aromatic rings. The second kappa shape index (κ2) is 5.28. The number of nitrogens with zero attached hydrogens (tertiary/aromatic N) is 4. The fraction of sp³-hybridized carbons (Fsp3) is 0.385. The Balaban J connectivity index is 1.68. The molecule has 7 heteroatoms. The molecule has 0 bridgehead atoms. The summed E-state index contributed by atoms with van der Waals surface area (Å²) in [6.07, 6.45) is 6.86. The quantitative estimate of drug-likeness (QED) is 0.872.